The summed E-state index contributed by atoms with van der Waals surface area (Å²) >= 11 is 2.20. The molecule has 0 fully saturated rings. The number of ether oxygens (including phenoxy) is 1. The number of hydrogen-bond donors (Lipinski definition) is 0. The highest BCUT2D eigenvalue weighted by atomic mass is 127. The summed E-state index contributed by atoms with van der Waals surface area (Å²) in [5, 5.41) is 0. The van der Waals surface area contributed by atoms with Crippen molar-refractivity contribution < 1.29 is 9.13 Å². The van der Waals surface area contributed by atoms with Crippen molar-refractivity contribution >= 4 is 22.6 Å². The molecule has 0 saturated carbocycles. The van der Waals surface area contributed by atoms with Crippen LogP contribution in [0.15, 0.2) is 18.2 Å². The van der Waals surface area contributed by atoms with Crippen LogP contribution in [-0.4, -0.2) is 13.8 Å². The van der Waals surface area contributed by atoms with Crippen molar-refractivity contribution in [2.24, 2.45) is 0 Å². The van der Waals surface area contributed by atoms with E-state index in [1.165, 1.54) is 0 Å². The zero-order valence-corrected chi connectivity index (χ0v) is 9.84. The van der Waals surface area contributed by atoms with Crippen LogP contribution >= 0.6 is 22.6 Å². The predicted molar refractivity (Wildman–Crippen MR) is 60.1 cm³/mol. The van der Waals surface area contributed by atoms with Crippen molar-refractivity contribution in [1.29, 1.82) is 0 Å². The highest BCUT2D eigenvalue weighted by Gasteiger charge is 2.07. The minimum absolute atomic E-state index is 0.0522. The first-order valence-corrected chi connectivity index (χ1v) is 5.15. The molecule has 0 aliphatic rings. The van der Waals surface area contributed by atoms with E-state index in [4.69, 9.17) is 4.74 Å². The smallest absolute Gasteiger partial charge is 0.120 e. The van der Waals surface area contributed by atoms with Crippen LogP contribution in [0, 0.1) is 3.57 Å². The predicted octanol–water partition coefficient (Wildman–Crippen LogP) is 3.37. The highest BCUT2D eigenvalue weighted by molar-refractivity contribution is 14.1. The van der Waals surface area contributed by atoms with E-state index in [1.54, 1.807) is 7.11 Å². The number of hydrogen-bond acceptors (Lipinski definition) is 1. The number of alkyl halides is 1. The number of methoxy groups -OCH3 is 1. The van der Waals surface area contributed by atoms with E-state index in [2.05, 4.69) is 22.6 Å². The maximum atomic E-state index is 12.4. The molecule has 0 N–H and O–H groups in total. The Hall–Kier alpha value is -0.320. The lowest BCUT2D eigenvalue weighted by Gasteiger charge is -2.09. The van der Waals surface area contributed by atoms with Crippen molar-refractivity contribution in [3.05, 3.63) is 27.3 Å². The molecule has 0 saturated heterocycles. The van der Waals surface area contributed by atoms with Gasteiger partial charge < -0.3 is 4.74 Å². The van der Waals surface area contributed by atoms with Gasteiger partial charge in [-0.05, 0) is 46.4 Å². The van der Waals surface area contributed by atoms with Gasteiger partial charge >= 0.3 is 0 Å². The van der Waals surface area contributed by atoms with Gasteiger partial charge in [0.25, 0.3) is 0 Å². The summed E-state index contributed by atoms with van der Waals surface area (Å²) < 4.78 is 18.6. The van der Waals surface area contributed by atoms with E-state index in [9.17, 15) is 4.39 Å². The lowest BCUT2D eigenvalue weighted by atomic mass is 10.0. The third-order valence-electron chi connectivity index (χ3n) is 1.93. The van der Waals surface area contributed by atoms with Gasteiger partial charge in [-0.25, -0.2) is 0 Å². The van der Waals surface area contributed by atoms with E-state index < -0.39 is 0 Å². The Morgan fingerprint density at radius 2 is 2.15 bits per heavy atom. The Labute approximate surface area is 91.4 Å². The lowest BCUT2D eigenvalue weighted by Crippen LogP contribution is -1.97. The molecule has 0 bridgehead atoms. The van der Waals surface area contributed by atoms with E-state index >= 15 is 0 Å². The molecular formula is C10H12FIO. The zero-order valence-electron chi connectivity index (χ0n) is 7.68. The summed E-state index contributed by atoms with van der Waals surface area (Å²) in [5.41, 5.74) is 0.992. The Morgan fingerprint density at radius 1 is 1.46 bits per heavy atom. The molecule has 0 amide bonds. The normalized spacial score (nSPS) is 12.6. The van der Waals surface area contributed by atoms with Gasteiger partial charge in [0.05, 0.1) is 13.8 Å². The summed E-state index contributed by atoms with van der Waals surface area (Å²) in [6.45, 7) is 1.54. The first-order valence-electron chi connectivity index (χ1n) is 4.07. The molecule has 0 aliphatic heterocycles. The van der Waals surface area contributed by atoms with Gasteiger partial charge in [-0.15, -0.1) is 0 Å². The molecule has 1 atom stereocenters. The minimum Gasteiger partial charge on any atom is -0.497 e. The van der Waals surface area contributed by atoms with Crippen LogP contribution in [0.2, 0.25) is 0 Å². The topological polar surface area (TPSA) is 9.23 Å². The Morgan fingerprint density at radius 3 is 2.69 bits per heavy atom. The van der Waals surface area contributed by atoms with Crippen molar-refractivity contribution in [3.8, 4) is 5.75 Å². The molecule has 72 valence electrons. The maximum absolute atomic E-state index is 12.4. The van der Waals surface area contributed by atoms with Crippen LogP contribution in [-0.2, 0) is 0 Å². The summed E-state index contributed by atoms with van der Waals surface area (Å²) in [7, 11) is 1.62. The molecule has 0 aromatic heterocycles. The Bertz CT molecular complexity index is 288. The Kier molecular flexibility index (Phi) is 3.96. The van der Waals surface area contributed by atoms with Crippen LogP contribution in [0.3, 0.4) is 0 Å². The molecule has 3 heteroatoms. The number of rotatable bonds is 3. The summed E-state index contributed by atoms with van der Waals surface area (Å²) in [6.07, 6.45) is 0. The van der Waals surface area contributed by atoms with Crippen molar-refractivity contribution in [2.75, 3.05) is 13.8 Å². The summed E-state index contributed by atoms with van der Waals surface area (Å²) in [5.74, 6) is 0.741. The monoisotopic (exact) mass is 294 g/mol. The lowest BCUT2D eigenvalue weighted by molar-refractivity contribution is 0.411. The second kappa shape index (κ2) is 4.79. The largest absolute Gasteiger partial charge is 0.497 e. The molecule has 0 aliphatic carbocycles. The minimum atomic E-state index is -0.330. The third-order valence-corrected chi connectivity index (χ3v) is 2.55. The van der Waals surface area contributed by atoms with Crippen molar-refractivity contribution in [1.82, 2.24) is 0 Å². The fourth-order valence-electron chi connectivity index (χ4n) is 1.08. The van der Waals surface area contributed by atoms with Gasteiger partial charge in [-0.3, -0.25) is 4.39 Å². The number of benzene rings is 1. The first kappa shape index (κ1) is 10.8. The average Bonchev–Trinajstić information content (AvgIpc) is 2.15. The molecule has 0 spiro atoms. The van der Waals surface area contributed by atoms with Crippen molar-refractivity contribution in [2.45, 2.75) is 12.8 Å². The molecule has 0 radical (unpaired) electrons. The standard InChI is InChI=1S/C10H12FIO/c1-7(6-11)8-3-9(12)5-10(4-8)13-2/h3-5,7H,6H2,1-2H3. The summed E-state index contributed by atoms with van der Waals surface area (Å²) in [6, 6.07) is 5.79. The molecule has 0 heterocycles. The van der Waals surface area contributed by atoms with E-state index in [-0.39, 0.29) is 12.6 Å². The fourth-order valence-corrected chi connectivity index (χ4v) is 1.74. The van der Waals surface area contributed by atoms with Crippen LogP contribution in [0.4, 0.5) is 4.39 Å². The molecular weight excluding hydrogens is 282 g/mol. The van der Waals surface area contributed by atoms with Gasteiger partial charge in [-0.1, -0.05) is 6.92 Å². The van der Waals surface area contributed by atoms with E-state index in [0.717, 1.165) is 14.9 Å². The van der Waals surface area contributed by atoms with Gasteiger partial charge in [0.1, 0.15) is 5.75 Å². The number of halogens is 2. The van der Waals surface area contributed by atoms with Gasteiger partial charge in [0, 0.05) is 9.49 Å². The molecule has 1 aromatic rings. The van der Waals surface area contributed by atoms with Crippen LogP contribution in [0.1, 0.15) is 18.4 Å². The second-order valence-corrected chi connectivity index (χ2v) is 4.23. The van der Waals surface area contributed by atoms with Crippen molar-refractivity contribution in [3.63, 3.8) is 0 Å². The Balaban J connectivity index is 3.01. The van der Waals surface area contributed by atoms with Crippen LogP contribution in [0.25, 0.3) is 0 Å². The molecule has 1 rings (SSSR count). The third kappa shape index (κ3) is 2.83. The fraction of sp³-hybridized carbons (Fsp3) is 0.400. The SMILES string of the molecule is COc1cc(I)cc(C(C)CF)c1. The van der Waals surface area contributed by atoms with E-state index in [1.807, 2.05) is 25.1 Å². The highest BCUT2D eigenvalue weighted by Crippen LogP contribution is 2.24. The van der Waals surface area contributed by atoms with Gasteiger partial charge in [-0.2, -0.15) is 0 Å². The van der Waals surface area contributed by atoms with Gasteiger partial charge in [0.2, 0.25) is 0 Å². The maximum Gasteiger partial charge on any atom is 0.120 e. The molecule has 13 heavy (non-hydrogen) atoms. The van der Waals surface area contributed by atoms with Crippen LogP contribution < -0.4 is 4.74 Å². The van der Waals surface area contributed by atoms with E-state index in [0.29, 0.717) is 0 Å². The second-order valence-electron chi connectivity index (χ2n) is 2.98. The average molecular weight is 294 g/mol. The molecule has 1 unspecified atom stereocenters. The summed E-state index contributed by atoms with van der Waals surface area (Å²) in [4.78, 5) is 0. The van der Waals surface area contributed by atoms with Gasteiger partial charge in [0.15, 0.2) is 0 Å². The molecule has 1 nitrogen and oxygen atoms in total. The first-order chi connectivity index (χ1) is 6.17. The zero-order chi connectivity index (χ0) is 9.84. The van der Waals surface area contributed by atoms with Crippen LogP contribution in [0.5, 0.6) is 5.75 Å². The molecule has 1 aromatic carbocycles. The quantitative estimate of drug-likeness (QED) is 0.777.